The van der Waals surface area contributed by atoms with Crippen molar-refractivity contribution in [3.05, 3.63) is 77.4 Å². The Morgan fingerprint density at radius 3 is 2.68 bits per heavy atom. The summed E-state index contributed by atoms with van der Waals surface area (Å²) in [6.45, 7) is 3.97. The molecule has 0 aliphatic rings. The first kappa shape index (κ1) is 16.7. The fourth-order valence-corrected chi connectivity index (χ4v) is 2.52. The van der Waals surface area contributed by atoms with Crippen LogP contribution in [0.15, 0.2) is 65.8 Å². The molecule has 0 aliphatic carbocycles. The number of hydrogen-bond donors (Lipinski definition) is 1. The summed E-state index contributed by atoms with van der Waals surface area (Å²) in [5.74, 6) is 0.381. The first-order valence-corrected chi connectivity index (χ1v) is 8.13. The number of amides is 1. The molecule has 25 heavy (non-hydrogen) atoms. The average molecular weight is 332 g/mol. The lowest BCUT2D eigenvalue weighted by atomic mass is 10.1. The highest BCUT2D eigenvalue weighted by Crippen LogP contribution is 2.17. The van der Waals surface area contributed by atoms with E-state index in [9.17, 15) is 4.79 Å². The molecule has 0 bridgehead atoms. The van der Waals surface area contributed by atoms with Gasteiger partial charge in [0.05, 0.1) is 6.21 Å². The van der Waals surface area contributed by atoms with Crippen molar-refractivity contribution in [3.63, 3.8) is 0 Å². The maximum absolute atomic E-state index is 11.9. The highest BCUT2D eigenvalue weighted by Gasteiger charge is 2.03. The number of benzene rings is 3. The van der Waals surface area contributed by atoms with E-state index in [0.29, 0.717) is 5.75 Å². The molecular formula is C21H20N2O2. The van der Waals surface area contributed by atoms with Crippen LogP contribution in [0.2, 0.25) is 0 Å². The Balaban J connectivity index is 1.58. The summed E-state index contributed by atoms with van der Waals surface area (Å²) < 4.78 is 5.49. The van der Waals surface area contributed by atoms with Gasteiger partial charge in [0.15, 0.2) is 6.61 Å². The lowest BCUT2D eigenvalue weighted by Gasteiger charge is -2.07. The van der Waals surface area contributed by atoms with Crippen LogP contribution in [0.3, 0.4) is 0 Å². The van der Waals surface area contributed by atoms with Gasteiger partial charge in [0, 0.05) is 5.56 Å². The van der Waals surface area contributed by atoms with Crippen molar-refractivity contribution in [1.82, 2.24) is 5.43 Å². The van der Waals surface area contributed by atoms with Crippen molar-refractivity contribution in [3.8, 4) is 5.75 Å². The van der Waals surface area contributed by atoms with Crippen LogP contribution in [0.5, 0.6) is 5.75 Å². The zero-order valence-corrected chi connectivity index (χ0v) is 14.3. The molecule has 0 atom stereocenters. The van der Waals surface area contributed by atoms with E-state index < -0.39 is 0 Å². The second-order valence-corrected chi connectivity index (χ2v) is 5.90. The number of aryl methyl sites for hydroxylation is 2. The third kappa shape index (κ3) is 4.23. The summed E-state index contributed by atoms with van der Waals surface area (Å²) in [5, 5.41) is 6.26. The van der Waals surface area contributed by atoms with E-state index in [1.54, 1.807) is 6.21 Å². The molecule has 1 N–H and O–H groups in total. The minimum atomic E-state index is -0.297. The molecule has 0 radical (unpaired) electrons. The minimum absolute atomic E-state index is 0.0740. The molecular weight excluding hydrogens is 312 g/mol. The topological polar surface area (TPSA) is 50.7 Å². The highest BCUT2D eigenvalue weighted by molar-refractivity contribution is 5.99. The van der Waals surface area contributed by atoms with Gasteiger partial charge in [0.2, 0.25) is 0 Å². The number of hydrogen-bond acceptors (Lipinski definition) is 3. The van der Waals surface area contributed by atoms with Gasteiger partial charge in [-0.3, -0.25) is 4.79 Å². The number of nitrogens with zero attached hydrogens (tertiary/aromatic N) is 1. The van der Waals surface area contributed by atoms with Crippen molar-refractivity contribution >= 4 is 22.9 Å². The number of ether oxygens (including phenoxy) is 1. The molecule has 0 heterocycles. The Morgan fingerprint density at radius 1 is 1.04 bits per heavy atom. The zero-order chi connectivity index (χ0) is 17.6. The van der Waals surface area contributed by atoms with Crippen LogP contribution in [0.1, 0.15) is 16.7 Å². The first-order chi connectivity index (χ1) is 12.1. The SMILES string of the molecule is Cc1ccc(OCC(=O)N/N=C\c2cccc3ccccc23)cc1C. The summed E-state index contributed by atoms with van der Waals surface area (Å²) in [5.41, 5.74) is 5.77. The standard InChI is InChI=1S/C21H20N2O2/c1-15-10-11-19(12-16(15)2)25-14-21(24)23-22-13-18-8-5-7-17-6-3-4-9-20(17)18/h3-13H,14H2,1-2H3,(H,23,24)/b22-13-. The van der Waals surface area contributed by atoms with Gasteiger partial charge >= 0.3 is 0 Å². The third-order valence-corrected chi connectivity index (χ3v) is 4.06. The molecule has 0 fully saturated rings. The summed E-state index contributed by atoms with van der Waals surface area (Å²) in [7, 11) is 0. The van der Waals surface area contributed by atoms with Crippen molar-refractivity contribution in [1.29, 1.82) is 0 Å². The molecule has 126 valence electrons. The minimum Gasteiger partial charge on any atom is -0.484 e. The fourth-order valence-electron chi connectivity index (χ4n) is 2.52. The van der Waals surface area contributed by atoms with Crippen LogP contribution >= 0.6 is 0 Å². The van der Waals surface area contributed by atoms with Gasteiger partial charge < -0.3 is 4.74 Å². The van der Waals surface area contributed by atoms with Crippen LogP contribution in [0.25, 0.3) is 10.8 Å². The lowest BCUT2D eigenvalue weighted by molar-refractivity contribution is -0.123. The van der Waals surface area contributed by atoms with E-state index in [1.807, 2.05) is 74.5 Å². The Kier molecular flexibility index (Phi) is 5.09. The monoisotopic (exact) mass is 332 g/mol. The number of nitrogens with one attached hydrogen (secondary N) is 1. The van der Waals surface area contributed by atoms with E-state index in [4.69, 9.17) is 4.74 Å². The van der Waals surface area contributed by atoms with Crippen LogP contribution in [0.4, 0.5) is 0 Å². The molecule has 0 spiro atoms. The van der Waals surface area contributed by atoms with Crippen molar-refractivity contribution in [2.24, 2.45) is 5.10 Å². The molecule has 3 rings (SSSR count). The Morgan fingerprint density at radius 2 is 1.84 bits per heavy atom. The van der Waals surface area contributed by atoms with E-state index in [1.165, 1.54) is 5.56 Å². The van der Waals surface area contributed by atoms with Crippen molar-refractivity contribution in [2.75, 3.05) is 6.61 Å². The Bertz CT molecular complexity index is 927. The number of fused-ring (bicyclic) bond motifs is 1. The number of rotatable bonds is 5. The van der Waals surface area contributed by atoms with Gasteiger partial charge in [-0.1, -0.05) is 48.5 Å². The zero-order valence-electron chi connectivity index (χ0n) is 14.3. The van der Waals surface area contributed by atoms with Gasteiger partial charge in [-0.15, -0.1) is 0 Å². The number of carbonyl (C=O) groups is 1. The summed E-state index contributed by atoms with van der Waals surface area (Å²) in [6, 6.07) is 19.8. The van der Waals surface area contributed by atoms with E-state index in [-0.39, 0.29) is 12.5 Å². The number of carbonyl (C=O) groups excluding carboxylic acids is 1. The molecule has 0 saturated carbocycles. The van der Waals surface area contributed by atoms with Gasteiger partial charge in [0.1, 0.15) is 5.75 Å². The van der Waals surface area contributed by atoms with Gasteiger partial charge in [-0.05, 0) is 47.9 Å². The summed E-state index contributed by atoms with van der Waals surface area (Å²) in [4.78, 5) is 11.9. The smallest absolute Gasteiger partial charge is 0.277 e. The Hall–Kier alpha value is -3.14. The Labute approximate surface area is 147 Å². The molecule has 4 heteroatoms. The normalized spacial score (nSPS) is 11.0. The first-order valence-electron chi connectivity index (χ1n) is 8.13. The van der Waals surface area contributed by atoms with Crippen LogP contribution < -0.4 is 10.2 Å². The van der Waals surface area contributed by atoms with Crippen molar-refractivity contribution in [2.45, 2.75) is 13.8 Å². The molecule has 1 amide bonds. The molecule has 3 aromatic carbocycles. The third-order valence-electron chi connectivity index (χ3n) is 4.06. The van der Waals surface area contributed by atoms with Gasteiger partial charge in [0.25, 0.3) is 5.91 Å². The molecule has 0 aliphatic heterocycles. The average Bonchev–Trinajstić information content (AvgIpc) is 2.63. The predicted octanol–water partition coefficient (Wildman–Crippen LogP) is 3.99. The second kappa shape index (κ2) is 7.62. The lowest BCUT2D eigenvalue weighted by Crippen LogP contribution is -2.24. The molecule has 0 unspecified atom stereocenters. The molecule has 3 aromatic rings. The summed E-state index contributed by atoms with van der Waals surface area (Å²) in [6.07, 6.45) is 1.65. The van der Waals surface area contributed by atoms with E-state index in [2.05, 4.69) is 10.5 Å². The van der Waals surface area contributed by atoms with Crippen molar-refractivity contribution < 1.29 is 9.53 Å². The summed E-state index contributed by atoms with van der Waals surface area (Å²) >= 11 is 0. The van der Waals surface area contributed by atoms with Gasteiger partial charge in [-0.25, -0.2) is 5.43 Å². The molecule has 0 aromatic heterocycles. The molecule has 0 saturated heterocycles. The second-order valence-electron chi connectivity index (χ2n) is 5.90. The maximum atomic E-state index is 11.9. The largest absolute Gasteiger partial charge is 0.484 e. The van der Waals surface area contributed by atoms with E-state index in [0.717, 1.165) is 21.9 Å². The predicted molar refractivity (Wildman–Crippen MR) is 101 cm³/mol. The number of hydrazone groups is 1. The quantitative estimate of drug-likeness (QED) is 0.567. The van der Waals surface area contributed by atoms with Crippen LogP contribution in [-0.2, 0) is 4.79 Å². The fraction of sp³-hybridized carbons (Fsp3) is 0.143. The van der Waals surface area contributed by atoms with Gasteiger partial charge in [-0.2, -0.15) is 5.10 Å². The van der Waals surface area contributed by atoms with E-state index >= 15 is 0 Å². The van der Waals surface area contributed by atoms with Crippen LogP contribution in [0, 0.1) is 13.8 Å². The maximum Gasteiger partial charge on any atom is 0.277 e. The highest BCUT2D eigenvalue weighted by atomic mass is 16.5. The molecule has 4 nitrogen and oxygen atoms in total. The van der Waals surface area contributed by atoms with Crippen LogP contribution in [-0.4, -0.2) is 18.7 Å².